The maximum Gasteiger partial charge on any atom is 0.242 e. The molecule has 0 radical (unpaired) electrons. The molecule has 1 atom stereocenters. The molecule has 2 aromatic carbocycles. The van der Waals surface area contributed by atoms with E-state index in [0.717, 1.165) is 34.3 Å². The molecule has 0 aliphatic heterocycles. The van der Waals surface area contributed by atoms with Crippen molar-refractivity contribution in [3.63, 3.8) is 0 Å². The minimum absolute atomic E-state index is 0.0417. The van der Waals surface area contributed by atoms with Gasteiger partial charge < -0.3 is 15.0 Å². The highest BCUT2D eigenvalue weighted by Crippen LogP contribution is 2.22. The molecular weight excluding hydrogens is 504 g/mol. The number of ether oxygens (including phenoxy) is 1. The number of rotatable bonds is 11. The summed E-state index contributed by atoms with van der Waals surface area (Å²) in [4.78, 5) is 27.6. The van der Waals surface area contributed by atoms with Crippen LogP contribution in [0, 0.1) is 11.6 Å². The number of hydrogen-bond acceptors (Lipinski definition) is 5. The Hall–Kier alpha value is -3.21. The van der Waals surface area contributed by atoms with Crippen LogP contribution in [-0.4, -0.2) is 56.6 Å². The minimum atomic E-state index is -3.83. The number of nitrogens with one attached hydrogen (secondary N) is 1. The van der Waals surface area contributed by atoms with Crippen molar-refractivity contribution in [1.82, 2.24) is 10.2 Å². The number of hydrogen-bond donors (Lipinski definition) is 1. The third-order valence-electron chi connectivity index (χ3n) is 5.50. The van der Waals surface area contributed by atoms with Crippen LogP contribution in [-0.2, 0) is 26.2 Å². The second-order valence-corrected chi connectivity index (χ2v) is 11.7. The van der Waals surface area contributed by atoms with Gasteiger partial charge in [0.25, 0.3) is 0 Å². The molecule has 0 saturated heterocycles. The van der Waals surface area contributed by atoms with Crippen molar-refractivity contribution in [2.45, 2.75) is 58.7 Å². The number of methoxy groups -OCH3 is 1. The first-order valence-corrected chi connectivity index (χ1v) is 13.6. The highest BCUT2D eigenvalue weighted by molar-refractivity contribution is 7.92. The average Bonchev–Trinajstić information content (AvgIpc) is 2.80. The number of halogens is 2. The molecule has 8 nitrogen and oxygen atoms in total. The number of amides is 2. The fourth-order valence-corrected chi connectivity index (χ4v) is 4.63. The van der Waals surface area contributed by atoms with Gasteiger partial charge in [-0.3, -0.25) is 13.9 Å². The van der Waals surface area contributed by atoms with Crippen LogP contribution in [0.5, 0.6) is 5.75 Å². The zero-order valence-electron chi connectivity index (χ0n) is 22.0. The Balaban J connectivity index is 2.23. The molecule has 2 aromatic rings. The van der Waals surface area contributed by atoms with Gasteiger partial charge in [0.15, 0.2) is 11.6 Å². The summed E-state index contributed by atoms with van der Waals surface area (Å²) in [7, 11) is -2.30. The fourth-order valence-electron chi connectivity index (χ4n) is 3.67. The predicted octanol–water partition coefficient (Wildman–Crippen LogP) is 3.85. The van der Waals surface area contributed by atoms with Crippen LogP contribution in [0.4, 0.5) is 14.5 Å². The van der Waals surface area contributed by atoms with E-state index in [1.807, 2.05) is 26.8 Å². The van der Waals surface area contributed by atoms with E-state index >= 15 is 0 Å². The largest absolute Gasteiger partial charge is 0.497 e. The standard InChI is InChI=1S/C26H35F2N3O5S/c1-18(25(33)29-26(2,3)4)30(17-19-9-7-10-21(15-19)36-5)24(32)11-8-14-31(37(6,34)35)20-12-13-22(27)23(28)16-20/h7,9-10,12-13,15-16,18H,8,11,14,17H2,1-6H3,(H,29,33)/t18-/m0/s1. The van der Waals surface area contributed by atoms with E-state index in [-0.39, 0.29) is 43.4 Å². The van der Waals surface area contributed by atoms with Gasteiger partial charge in [0.05, 0.1) is 19.1 Å². The Bertz CT molecular complexity index is 1210. The van der Waals surface area contributed by atoms with Crippen molar-refractivity contribution in [2.75, 3.05) is 24.2 Å². The Kier molecular flexibility index (Phi) is 10.0. The van der Waals surface area contributed by atoms with Crippen LogP contribution < -0.4 is 14.4 Å². The van der Waals surface area contributed by atoms with Crippen molar-refractivity contribution >= 4 is 27.5 Å². The third kappa shape index (κ3) is 8.99. The summed E-state index contributed by atoms with van der Waals surface area (Å²) in [6.07, 6.45) is 0.962. The zero-order valence-corrected chi connectivity index (χ0v) is 22.9. The molecule has 0 aromatic heterocycles. The van der Waals surface area contributed by atoms with E-state index in [4.69, 9.17) is 4.74 Å². The Morgan fingerprint density at radius 1 is 1.08 bits per heavy atom. The van der Waals surface area contributed by atoms with E-state index in [0.29, 0.717) is 5.75 Å². The number of nitrogens with zero attached hydrogens (tertiary/aromatic N) is 2. The molecule has 0 aliphatic carbocycles. The SMILES string of the molecule is COc1cccc(CN(C(=O)CCCN(c2ccc(F)c(F)c2)S(C)(=O)=O)[C@@H](C)C(=O)NC(C)(C)C)c1. The van der Waals surface area contributed by atoms with Crippen molar-refractivity contribution in [3.8, 4) is 5.75 Å². The lowest BCUT2D eigenvalue weighted by Crippen LogP contribution is -2.52. The summed E-state index contributed by atoms with van der Waals surface area (Å²) >= 11 is 0. The first-order valence-electron chi connectivity index (χ1n) is 11.8. The van der Waals surface area contributed by atoms with Gasteiger partial charge in [-0.25, -0.2) is 17.2 Å². The van der Waals surface area contributed by atoms with Crippen molar-refractivity contribution in [3.05, 3.63) is 59.7 Å². The minimum Gasteiger partial charge on any atom is -0.497 e. The summed E-state index contributed by atoms with van der Waals surface area (Å²) in [6.45, 7) is 7.14. The first-order chi connectivity index (χ1) is 17.1. The summed E-state index contributed by atoms with van der Waals surface area (Å²) in [5.41, 5.74) is 0.207. The van der Waals surface area contributed by atoms with Crippen LogP contribution >= 0.6 is 0 Å². The fraction of sp³-hybridized carbons (Fsp3) is 0.462. The quantitative estimate of drug-likeness (QED) is 0.468. The molecule has 0 spiro atoms. The van der Waals surface area contributed by atoms with Crippen molar-refractivity contribution in [2.24, 2.45) is 0 Å². The Morgan fingerprint density at radius 2 is 1.76 bits per heavy atom. The van der Waals surface area contributed by atoms with Crippen LogP contribution in [0.15, 0.2) is 42.5 Å². The highest BCUT2D eigenvalue weighted by atomic mass is 32.2. The van der Waals surface area contributed by atoms with Gasteiger partial charge >= 0.3 is 0 Å². The van der Waals surface area contributed by atoms with Gasteiger partial charge in [-0.2, -0.15) is 0 Å². The smallest absolute Gasteiger partial charge is 0.242 e. The molecule has 2 rings (SSSR count). The second kappa shape index (κ2) is 12.4. The van der Waals surface area contributed by atoms with Crippen LogP contribution in [0.1, 0.15) is 46.1 Å². The molecule has 1 N–H and O–H groups in total. The lowest BCUT2D eigenvalue weighted by molar-refractivity contribution is -0.141. The number of carbonyl (C=O) groups excluding carboxylic acids is 2. The number of benzene rings is 2. The molecule has 204 valence electrons. The third-order valence-corrected chi connectivity index (χ3v) is 6.69. The topological polar surface area (TPSA) is 96.0 Å². The predicted molar refractivity (Wildman–Crippen MR) is 139 cm³/mol. The normalized spacial score (nSPS) is 12.5. The van der Waals surface area contributed by atoms with Crippen LogP contribution in [0.3, 0.4) is 0 Å². The second-order valence-electron chi connectivity index (χ2n) is 9.83. The molecule has 0 saturated carbocycles. The monoisotopic (exact) mass is 539 g/mol. The van der Waals surface area contributed by atoms with Crippen molar-refractivity contribution in [1.29, 1.82) is 0 Å². The number of anilines is 1. The molecule has 0 aliphatic rings. The van der Waals surface area contributed by atoms with Gasteiger partial charge in [0.2, 0.25) is 21.8 Å². The molecular formula is C26H35F2N3O5S. The number of carbonyl (C=O) groups is 2. The summed E-state index contributed by atoms with van der Waals surface area (Å²) in [5, 5.41) is 2.88. The van der Waals surface area contributed by atoms with Gasteiger partial charge in [0, 0.05) is 31.1 Å². The molecule has 37 heavy (non-hydrogen) atoms. The van der Waals surface area contributed by atoms with Crippen molar-refractivity contribution < 1.29 is 31.5 Å². The average molecular weight is 540 g/mol. The number of sulfonamides is 1. The Labute approximate surface area is 217 Å². The van der Waals surface area contributed by atoms with E-state index < -0.39 is 33.2 Å². The van der Waals surface area contributed by atoms with Gasteiger partial charge in [-0.15, -0.1) is 0 Å². The Morgan fingerprint density at radius 3 is 2.32 bits per heavy atom. The summed E-state index contributed by atoms with van der Waals surface area (Å²) < 4.78 is 57.9. The molecule has 0 fully saturated rings. The first kappa shape index (κ1) is 30.0. The molecule has 2 amide bonds. The van der Waals surface area contributed by atoms with E-state index in [1.54, 1.807) is 25.1 Å². The lowest BCUT2D eigenvalue weighted by Gasteiger charge is -2.32. The zero-order chi connectivity index (χ0) is 28.0. The molecule has 11 heteroatoms. The maximum absolute atomic E-state index is 13.7. The molecule has 0 unspecified atom stereocenters. The van der Waals surface area contributed by atoms with Crippen LogP contribution in [0.2, 0.25) is 0 Å². The van der Waals surface area contributed by atoms with E-state index in [1.165, 1.54) is 12.0 Å². The van der Waals surface area contributed by atoms with Gasteiger partial charge in [-0.05, 0) is 63.9 Å². The van der Waals surface area contributed by atoms with Crippen LogP contribution in [0.25, 0.3) is 0 Å². The summed E-state index contributed by atoms with van der Waals surface area (Å²) in [6, 6.07) is 9.12. The molecule has 0 bridgehead atoms. The maximum atomic E-state index is 13.7. The van der Waals surface area contributed by atoms with Gasteiger partial charge in [-0.1, -0.05) is 12.1 Å². The van der Waals surface area contributed by atoms with E-state index in [2.05, 4.69) is 5.32 Å². The summed E-state index contributed by atoms with van der Waals surface area (Å²) in [5.74, 6) is -2.36. The van der Waals surface area contributed by atoms with E-state index in [9.17, 15) is 26.8 Å². The lowest BCUT2D eigenvalue weighted by atomic mass is 10.1. The van der Waals surface area contributed by atoms with Gasteiger partial charge in [0.1, 0.15) is 11.8 Å². The molecule has 0 heterocycles. The highest BCUT2D eigenvalue weighted by Gasteiger charge is 2.29.